The predicted octanol–water partition coefficient (Wildman–Crippen LogP) is 5.10. The van der Waals surface area contributed by atoms with E-state index in [1.807, 2.05) is 26.0 Å². The van der Waals surface area contributed by atoms with Crippen LogP contribution in [-0.2, 0) is 0 Å². The first-order valence-electron chi connectivity index (χ1n) is 4.54. The highest BCUT2D eigenvalue weighted by Gasteiger charge is 2.17. The topological polar surface area (TPSA) is 13.1 Å². The van der Waals surface area contributed by atoms with Gasteiger partial charge in [0.2, 0.25) is 0 Å². The molecule has 0 fully saturated rings. The summed E-state index contributed by atoms with van der Waals surface area (Å²) in [5, 5.41) is 0. The summed E-state index contributed by atoms with van der Waals surface area (Å²) < 4.78 is 6.41. The van der Waals surface area contributed by atoms with Gasteiger partial charge in [0.1, 0.15) is 16.3 Å². The van der Waals surface area contributed by atoms with Crippen molar-refractivity contribution in [3.63, 3.8) is 0 Å². The summed E-state index contributed by atoms with van der Waals surface area (Å²) in [6.45, 7) is 3.95. The van der Waals surface area contributed by atoms with Gasteiger partial charge in [0.05, 0.1) is 4.34 Å². The normalized spacial score (nSPS) is 13.1. The maximum Gasteiger partial charge on any atom is 0.123 e. The van der Waals surface area contributed by atoms with Gasteiger partial charge in [-0.25, -0.2) is 0 Å². The lowest BCUT2D eigenvalue weighted by Crippen LogP contribution is -1.85. The van der Waals surface area contributed by atoms with Crippen LogP contribution in [0.1, 0.15) is 26.8 Å². The number of furan rings is 1. The van der Waals surface area contributed by atoms with Gasteiger partial charge in [0, 0.05) is 4.88 Å². The molecule has 0 amide bonds. The van der Waals surface area contributed by atoms with Gasteiger partial charge in [0.25, 0.3) is 0 Å². The molecule has 2 aromatic rings. The minimum atomic E-state index is 0.0994. The molecule has 1 unspecified atom stereocenters. The van der Waals surface area contributed by atoms with Crippen LogP contribution in [0.2, 0.25) is 4.34 Å². The second kappa shape index (κ2) is 4.32. The van der Waals surface area contributed by atoms with E-state index in [-0.39, 0.29) is 4.83 Å². The van der Waals surface area contributed by atoms with Crippen LogP contribution in [0.5, 0.6) is 0 Å². The molecular weight excluding hydrogens is 296 g/mol. The highest BCUT2D eigenvalue weighted by Crippen LogP contribution is 2.39. The fourth-order valence-corrected chi connectivity index (χ4v) is 3.20. The van der Waals surface area contributed by atoms with E-state index in [0.717, 1.165) is 21.4 Å². The second-order valence-corrected chi connectivity index (χ2v) is 6.02. The zero-order chi connectivity index (χ0) is 11.0. The minimum absolute atomic E-state index is 0.0994. The Labute approximate surface area is 106 Å². The van der Waals surface area contributed by atoms with E-state index in [1.165, 1.54) is 4.88 Å². The van der Waals surface area contributed by atoms with Crippen molar-refractivity contribution in [2.45, 2.75) is 18.7 Å². The molecule has 0 radical (unpaired) electrons. The highest BCUT2D eigenvalue weighted by atomic mass is 79.9. The maximum atomic E-state index is 6.03. The third-order valence-corrected chi connectivity index (χ3v) is 5.00. The number of hydrogen-bond donors (Lipinski definition) is 0. The summed E-state index contributed by atoms with van der Waals surface area (Å²) in [7, 11) is 0. The average molecular weight is 306 g/mol. The molecule has 4 heteroatoms. The van der Waals surface area contributed by atoms with Gasteiger partial charge in [-0.2, -0.15) is 0 Å². The lowest BCUT2D eigenvalue weighted by Gasteiger charge is -2.02. The fourth-order valence-electron chi connectivity index (χ4n) is 1.34. The van der Waals surface area contributed by atoms with Gasteiger partial charge >= 0.3 is 0 Å². The van der Waals surface area contributed by atoms with Crippen LogP contribution in [0.15, 0.2) is 22.6 Å². The van der Waals surface area contributed by atoms with Crippen LogP contribution in [-0.4, -0.2) is 0 Å². The van der Waals surface area contributed by atoms with Crippen molar-refractivity contribution in [2.24, 2.45) is 0 Å². The van der Waals surface area contributed by atoms with Gasteiger partial charge in [0.15, 0.2) is 0 Å². The predicted molar refractivity (Wildman–Crippen MR) is 68.3 cm³/mol. The number of thiophene rings is 1. The number of alkyl halides is 1. The van der Waals surface area contributed by atoms with Crippen LogP contribution in [0.25, 0.3) is 0 Å². The second-order valence-electron chi connectivity index (χ2n) is 3.42. The van der Waals surface area contributed by atoms with Gasteiger partial charge < -0.3 is 4.42 Å². The molecule has 0 aliphatic carbocycles. The fraction of sp³-hybridized carbons (Fsp3) is 0.273. The van der Waals surface area contributed by atoms with Crippen molar-refractivity contribution in [2.75, 3.05) is 0 Å². The molecule has 0 N–H and O–H groups in total. The van der Waals surface area contributed by atoms with Gasteiger partial charge in [-0.15, -0.1) is 11.3 Å². The molecule has 0 spiro atoms. The Morgan fingerprint density at radius 2 is 2.13 bits per heavy atom. The van der Waals surface area contributed by atoms with Crippen LogP contribution in [0.4, 0.5) is 0 Å². The monoisotopic (exact) mass is 304 g/mol. The first kappa shape index (κ1) is 11.2. The van der Waals surface area contributed by atoms with Crippen molar-refractivity contribution < 1.29 is 4.42 Å². The van der Waals surface area contributed by atoms with Crippen LogP contribution < -0.4 is 0 Å². The zero-order valence-corrected chi connectivity index (χ0v) is 11.5. The van der Waals surface area contributed by atoms with Crippen molar-refractivity contribution >= 4 is 38.9 Å². The van der Waals surface area contributed by atoms with E-state index in [4.69, 9.17) is 16.0 Å². The lowest BCUT2D eigenvalue weighted by molar-refractivity contribution is 0.493. The summed E-state index contributed by atoms with van der Waals surface area (Å²) in [4.78, 5) is 1.27. The Morgan fingerprint density at radius 3 is 2.60 bits per heavy atom. The van der Waals surface area contributed by atoms with E-state index in [0.29, 0.717) is 0 Å². The summed E-state index contributed by atoms with van der Waals surface area (Å²) in [6, 6.07) is 6.04. The standard InChI is InChI=1S/C11H10BrClOS/c1-6-5-9(15-11(6)13)10(12)8-4-3-7(2)14-8/h3-5,10H,1-2H3. The molecule has 15 heavy (non-hydrogen) atoms. The number of halogens is 2. The molecule has 2 rings (SSSR count). The Balaban J connectivity index is 2.31. The van der Waals surface area contributed by atoms with E-state index in [9.17, 15) is 0 Å². The number of aryl methyl sites for hydroxylation is 2. The molecule has 0 saturated heterocycles. The molecule has 2 heterocycles. The highest BCUT2D eigenvalue weighted by molar-refractivity contribution is 9.09. The van der Waals surface area contributed by atoms with Crippen molar-refractivity contribution in [3.8, 4) is 0 Å². The van der Waals surface area contributed by atoms with E-state index in [2.05, 4.69) is 22.0 Å². The average Bonchev–Trinajstić information content (AvgIpc) is 2.74. The quantitative estimate of drug-likeness (QED) is 0.704. The van der Waals surface area contributed by atoms with E-state index >= 15 is 0 Å². The lowest BCUT2D eigenvalue weighted by atomic mass is 10.2. The minimum Gasteiger partial charge on any atom is -0.465 e. The Bertz CT molecular complexity index is 455. The summed E-state index contributed by atoms with van der Waals surface area (Å²) in [5.74, 6) is 1.85. The Morgan fingerprint density at radius 1 is 1.40 bits per heavy atom. The first-order chi connectivity index (χ1) is 7.08. The largest absolute Gasteiger partial charge is 0.465 e. The van der Waals surface area contributed by atoms with E-state index < -0.39 is 0 Å². The molecule has 80 valence electrons. The Kier molecular flexibility index (Phi) is 3.24. The molecule has 0 aromatic carbocycles. The van der Waals surface area contributed by atoms with Gasteiger partial charge in [-0.05, 0) is 37.6 Å². The summed E-state index contributed by atoms with van der Waals surface area (Å²) in [5.41, 5.74) is 1.12. The zero-order valence-electron chi connectivity index (χ0n) is 8.38. The molecule has 1 atom stereocenters. The first-order valence-corrected chi connectivity index (χ1v) is 6.65. The van der Waals surface area contributed by atoms with Gasteiger partial charge in [-0.1, -0.05) is 27.5 Å². The molecule has 0 aliphatic rings. The van der Waals surface area contributed by atoms with E-state index in [1.54, 1.807) is 11.3 Å². The van der Waals surface area contributed by atoms with Crippen LogP contribution >= 0.6 is 38.9 Å². The smallest absolute Gasteiger partial charge is 0.123 e. The SMILES string of the molecule is Cc1ccc(C(Br)c2cc(C)c(Cl)s2)o1. The Hall–Kier alpha value is -0.250. The van der Waals surface area contributed by atoms with Crippen LogP contribution in [0.3, 0.4) is 0 Å². The van der Waals surface area contributed by atoms with Crippen molar-refractivity contribution in [3.05, 3.63) is 44.5 Å². The third-order valence-electron chi connectivity index (χ3n) is 2.14. The molecule has 2 aromatic heterocycles. The van der Waals surface area contributed by atoms with Crippen molar-refractivity contribution in [1.29, 1.82) is 0 Å². The third kappa shape index (κ3) is 2.30. The van der Waals surface area contributed by atoms with Crippen molar-refractivity contribution in [1.82, 2.24) is 0 Å². The maximum absolute atomic E-state index is 6.03. The summed E-state index contributed by atoms with van der Waals surface area (Å²) >= 11 is 11.2. The molecular formula is C11H10BrClOS. The van der Waals surface area contributed by atoms with Crippen LogP contribution in [0, 0.1) is 13.8 Å². The molecule has 0 aliphatic heterocycles. The molecule has 0 bridgehead atoms. The number of hydrogen-bond acceptors (Lipinski definition) is 2. The number of rotatable bonds is 2. The molecule has 1 nitrogen and oxygen atoms in total. The molecule has 0 saturated carbocycles. The summed E-state index contributed by atoms with van der Waals surface area (Å²) in [6.07, 6.45) is 0. The van der Waals surface area contributed by atoms with Gasteiger partial charge in [-0.3, -0.25) is 0 Å².